The van der Waals surface area contributed by atoms with Crippen molar-refractivity contribution in [1.29, 1.82) is 0 Å². The summed E-state index contributed by atoms with van der Waals surface area (Å²) in [4.78, 5) is 10.5. The molecule has 0 saturated heterocycles. The summed E-state index contributed by atoms with van der Waals surface area (Å²) in [6.45, 7) is 32.5. The summed E-state index contributed by atoms with van der Waals surface area (Å²) < 4.78 is 2.58. The summed E-state index contributed by atoms with van der Waals surface area (Å²) in [6.07, 6.45) is 0. The van der Waals surface area contributed by atoms with Gasteiger partial charge in [-0.15, -0.1) is 22.7 Å². The second kappa shape index (κ2) is 22.7. The standard InChI is InChI=1S/C93H84BN3S2/c1-89(2,3)60-34-41-64(42-35-60)95(65-43-36-61(37-44-65)90(4,5)6)67-47-48-68-71-52-72-73-53-74-69-32-24-25-33-83(69)98-88(74)85-84(73)94(97(66-45-38-62(39-46-66)91(7,8)9)81(72)56-78(71)93(13,14)77(68)51-67)79-54-75-76(87(59-30-22-17-23-31-59)99-86(75)58-28-20-16-21-29-58)55-82(79)96(85)80-49-40-63(92(10,11)12)50-70(80)57-26-18-15-19-27-57/h15-56H,1-14H3. The van der Waals surface area contributed by atoms with Gasteiger partial charge < -0.3 is 14.6 Å². The first-order valence-electron chi connectivity index (χ1n) is 35.3. The number of hydrogen-bond acceptors (Lipinski definition) is 5. The quantitative estimate of drug-likeness (QED) is 0.140. The molecular formula is C93H84BN3S2. The Balaban J connectivity index is 0.980. The van der Waals surface area contributed by atoms with Crippen molar-refractivity contribution in [1.82, 2.24) is 0 Å². The van der Waals surface area contributed by atoms with E-state index in [1.807, 2.05) is 22.7 Å². The molecular weight excluding hydrogens is 1230 g/mol. The van der Waals surface area contributed by atoms with Gasteiger partial charge in [-0.3, -0.25) is 0 Å². The summed E-state index contributed by atoms with van der Waals surface area (Å²) in [5, 5.41) is 5.08. The lowest BCUT2D eigenvalue weighted by Gasteiger charge is -2.46. The molecule has 0 bridgehead atoms. The zero-order valence-electron chi connectivity index (χ0n) is 59.5. The van der Waals surface area contributed by atoms with Crippen molar-refractivity contribution in [2.75, 3.05) is 14.6 Å². The van der Waals surface area contributed by atoms with Crippen LogP contribution in [0.3, 0.4) is 0 Å². The second-order valence-electron chi connectivity index (χ2n) is 32.6. The first-order chi connectivity index (χ1) is 47.4. The van der Waals surface area contributed by atoms with Gasteiger partial charge in [0.2, 0.25) is 0 Å². The maximum atomic E-state index is 2.78. The van der Waals surface area contributed by atoms with Gasteiger partial charge in [0.1, 0.15) is 0 Å². The van der Waals surface area contributed by atoms with Crippen LogP contribution in [0.15, 0.2) is 255 Å². The molecule has 0 unspecified atom stereocenters. The summed E-state index contributed by atoms with van der Waals surface area (Å²) in [5.74, 6) is 0. The molecule has 2 aliphatic heterocycles. The monoisotopic (exact) mass is 1320 g/mol. The van der Waals surface area contributed by atoms with Crippen molar-refractivity contribution in [3.8, 4) is 54.3 Å². The van der Waals surface area contributed by atoms with Gasteiger partial charge in [-0.2, -0.15) is 0 Å². The highest BCUT2D eigenvalue weighted by atomic mass is 32.1. The molecule has 3 nitrogen and oxygen atoms in total. The van der Waals surface area contributed by atoms with Crippen LogP contribution < -0.4 is 25.5 Å². The van der Waals surface area contributed by atoms with E-state index < -0.39 is 0 Å². The number of rotatable bonds is 8. The van der Waals surface area contributed by atoms with Crippen molar-refractivity contribution >= 4 is 117 Å². The van der Waals surface area contributed by atoms with Crippen LogP contribution in [0.25, 0.3) is 85.2 Å². The first kappa shape index (κ1) is 62.8. The third-order valence-corrected chi connectivity index (χ3v) is 24.2. The predicted octanol–water partition coefficient (Wildman–Crippen LogP) is 25.9. The van der Waals surface area contributed by atoms with Crippen LogP contribution in [0.2, 0.25) is 0 Å². The zero-order valence-corrected chi connectivity index (χ0v) is 61.1. The highest BCUT2D eigenvalue weighted by molar-refractivity contribution is 7.26. The molecule has 0 spiro atoms. The van der Waals surface area contributed by atoms with E-state index in [0.29, 0.717) is 0 Å². The summed E-state index contributed by atoms with van der Waals surface area (Å²) in [6, 6.07) is 98.6. The minimum Gasteiger partial charge on any atom is -0.376 e. The predicted molar refractivity (Wildman–Crippen MR) is 432 cm³/mol. The Bertz CT molecular complexity index is 5480. The Labute approximate surface area is 593 Å². The molecule has 3 aliphatic rings. The SMILES string of the molecule is CC(C)(C)c1ccc(N2B3c4cc5c(-c6ccccc6)sc(-c6ccccc6)c5cc4N(c4ccc(C(C)(C)C)cc4-c4ccccc4)c4c3c(cc3c4sc4ccccc43)-c3cc4c(cc32)C(C)(C)c2cc(N(c3ccc(C(C)(C)C)cc3)c3ccc(C(C)(C)C)cc3)ccc2-4)cc1. The third-order valence-electron chi connectivity index (χ3n) is 21.7. The van der Waals surface area contributed by atoms with Gasteiger partial charge >= 0.3 is 6.85 Å². The fourth-order valence-electron chi connectivity index (χ4n) is 16.2. The molecule has 14 aromatic rings. The molecule has 0 fully saturated rings. The molecule has 17 rings (SSSR count). The van der Waals surface area contributed by atoms with Gasteiger partial charge in [-0.05, 0) is 190 Å². The van der Waals surface area contributed by atoms with Crippen molar-refractivity contribution in [2.45, 2.75) is 124 Å². The molecule has 1 aliphatic carbocycles. The minimum atomic E-state index is -0.385. The van der Waals surface area contributed by atoms with Gasteiger partial charge in [0.25, 0.3) is 0 Å². The fourth-order valence-corrected chi connectivity index (χ4v) is 18.7. The van der Waals surface area contributed by atoms with Crippen LogP contribution in [0, 0.1) is 0 Å². The van der Waals surface area contributed by atoms with Crippen molar-refractivity contribution in [2.24, 2.45) is 0 Å². The minimum absolute atomic E-state index is 0.0249. The van der Waals surface area contributed by atoms with E-state index in [-0.39, 0.29) is 33.9 Å². The van der Waals surface area contributed by atoms with Crippen LogP contribution >= 0.6 is 22.7 Å². The third kappa shape index (κ3) is 10.2. The van der Waals surface area contributed by atoms with Crippen LogP contribution in [-0.2, 0) is 27.1 Å². The van der Waals surface area contributed by atoms with Crippen molar-refractivity contribution < 1.29 is 0 Å². The van der Waals surface area contributed by atoms with Crippen molar-refractivity contribution in [3.63, 3.8) is 0 Å². The molecule has 6 heteroatoms. The van der Waals surface area contributed by atoms with Gasteiger partial charge in [-0.25, -0.2) is 0 Å². The average molecular weight is 1320 g/mol. The van der Waals surface area contributed by atoms with E-state index in [9.17, 15) is 0 Å². The second-order valence-corrected chi connectivity index (χ2v) is 34.6. The Hall–Kier alpha value is -9.72. The Kier molecular flexibility index (Phi) is 14.4. The maximum Gasteiger partial charge on any atom is 0.333 e. The molecule has 0 amide bonds. The molecule has 0 atom stereocenters. The smallest absolute Gasteiger partial charge is 0.333 e. The first-order valence-corrected chi connectivity index (χ1v) is 37.0. The topological polar surface area (TPSA) is 9.72 Å². The van der Waals surface area contributed by atoms with E-state index in [4.69, 9.17) is 0 Å². The maximum absolute atomic E-state index is 2.78. The van der Waals surface area contributed by atoms with Crippen LogP contribution in [0.4, 0.5) is 45.5 Å². The number of fused-ring (bicyclic) bond motifs is 12. The molecule has 4 heterocycles. The Morgan fingerprint density at radius 1 is 0.354 bits per heavy atom. The van der Waals surface area contributed by atoms with Crippen LogP contribution in [-0.4, -0.2) is 6.85 Å². The number of anilines is 8. The normalized spacial score (nSPS) is 14.0. The Morgan fingerprint density at radius 3 is 1.43 bits per heavy atom. The molecule has 2 aromatic heterocycles. The van der Waals surface area contributed by atoms with Crippen LogP contribution in [0.1, 0.15) is 130 Å². The highest BCUT2D eigenvalue weighted by Crippen LogP contribution is 2.59. The van der Waals surface area contributed by atoms with Gasteiger partial charge in [0.15, 0.2) is 0 Å². The molecule has 486 valence electrons. The molecule has 0 saturated carbocycles. The lowest BCUT2D eigenvalue weighted by atomic mass is 9.43. The summed E-state index contributed by atoms with van der Waals surface area (Å²) in [5.41, 5.74) is 29.4. The van der Waals surface area contributed by atoms with E-state index in [2.05, 4.69) is 366 Å². The van der Waals surface area contributed by atoms with E-state index in [0.717, 1.165) is 22.7 Å². The average Bonchev–Trinajstić information content (AvgIpc) is 1.66. The summed E-state index contributed by atoms with van der Waals surface area (Å²) in [7, 11) is 0. The number of hydrogen-bond donors (Lipinski definition) is 0. The highest BCUT2D eigenvalue weighted by Gasteiger charge is 2.49. The van der Waals surface area contributed by atoms with Gasteiger partial charge in [-0.1, -0.05) is 261 Å². The zero-order chi connectivity index (χ0) is 68.4. The number of benzene rings is 12. The molecule has 12 aromatic carbocycles. The van der Waals surface area contributed by atoms with E-state index in [1.54, 1.807) is 0 Å². The summed E-state index contributed by atoms with van der Waals surface area (Å²) >= 11 is 3.86. The number of nitrogens with zero attached hydrogens (tertiary/aromatic N) is 3. The fraction of sp³-hybridized carbons (Fsp3) is 0.204. The van der Waals surface area contributed by atoms with Crippen LogP contribution in [0.5, 0.6) is 0 Å². The van der Waals surface area contributed by atoms with Gasteiger partial charge in [0.05, 0.1) is 16.1 Å². The van der Waals surface area contributed by atoms with E-state index in [1.165, 1.54) is 152 Å². The molecule has 0 radical (unpaired) electrons. The van der Waals surface area contributed by atoms with Crippen molar-refractivity contribution in [3.05, 3.63) is 288 Å². The number of thiophene rings is 2. The van der Waals surface area contributed by atoms with Gasteiger partial charge in [0, 0.05) is 86.7 Å². The largest absolute Gasteiger partial charge is 0.376 e. The lowest BCUT2D eigenvalue weighted by Crippen LogP contribution is -2.61. The molecule has 0 N–H and O–H groups in total. The van der Waals surface area contributed by atoms with E-state index >= 15 is 0 Å². The molecule has 99 heavy (non-hydrogen) atoms. The lowest BCUT2D eigenvalue weighted by molar-refractivity contribution is 0.590. The Morgan fingerprint density at radius 2 is 0.859 bits per heavy atom.